The summed E-state index contributed by atoms with van der Waals surface area (Å²) in [5, 5.41) is 10.9. The Hall–Kier alpha value is -3.22. The van der Waals surface area contributed by atoms with Crippen LogP contribution in [0, 0.1) is 10.1 Å². The van der Waals surface area contributed by atoms with Crippen LogP contribution in [-0.4, -0.2) is 26.1 Å². The Labute approximate surface area is 149 Å². The third kappa shape index (κ3) is 2.28. The van der Waals surface area contributed by atoms with E-state index in [0.29, 0.717) is 0 Å². The maximum Gasteiger partial charge on any atom is 0.269 e. The first-order valence-corrected chi connectivity index (χ1v) is 8.71. The second kappa shape index (κ2) is 5.66. The second-order valence-corrected chi connectivity index (χ2v) is 6.60. The van der Waals surface area contributed by atoms with E-state index in [2.05, 4.69) is 0 Å². The van der Waals surface area contributed by atoms with E-state index >= 15 is 0 Å². The number of rotatable bonds is 2. The summed E-state index contributed by atoms with van der Waals surface area (Å²) in [4.78, 5) is 20.2. The lowest BCUT2D eigenvalue weighted by Crippen LogP contribution is -2.30. The molecule has 3 heterocycles. The highest BCUT2D eigenvalue weighted by Gasteiger charge is 2.28. The van der Waals surface area contributed by atoms with Crippen molar-refractivity contribution in [2.75, 3.05) is 0 Å². The van der Waals surface area contributed by atoms with Gasteiger partial charge in [-0.05, 0) is 49.9 Å². The van der Waals surface area contributed by atoms with Gasteiger partial charge in [-0.2, -0.15) is 0 Å². The number of aromatic nitrogens is 2. The van der Waals surface area contributed by atoms with E-state index in [1.54, 1.807) is 12.1 Å². The van der Waals surface area contributed by atoms with Crippen LogP contribution in [0.15, 0.2) is 47.5 Å². The van der Waals surface area contributed by atoms with E-state index in [1.165, 1.54) is 12.1 Å². The molecule has 0 amide bonds. The Morgan fingerprint density at radius 2 is 2.00 bits per heavy atom. The summed E-state index contributed by atoms with van der Waals surface area (Å²) < 4.78 is 8.17. The zero-order valence-corrected chi connectivity index (χ0v) is 14.0. The molecule has 1 aliphatic heterocycles. The molecule has 1 atom stereocenters. The van der Waals surface area contributed by atoms with Crippen LogP contribution < -0.4 is 4.74 Å². The number of aliphatic imine (C=N–C) groups is 1. The topological polar surface area (TPSA) is 82.0 Å². The van der Waals surface area contributed by atoms with Gasteiger partial charge >= 0.3 is 0 Å². The molecule has 1 fully saturated rings. The number of pyridine rings is 1. The van der Waals surface area contributed by atoms with Crippen LogP contribution in [-0.2, 0) is 0 Å². The van der Waals surface area contributed by atoms with Crippen LogP contribution in [0.1, 0.15) is 25.7 Å². The molecule has 0 bridgehead atoms. The van der Waals surface area contributed by atoms with Gasteiger partial charge in [0.05, 0.1) is 10.6 Å². The number of nitrogens with zero attached hydrogens (tertiary/aromatic N) is 4. The Kier molecular flexibility index (Phi) is 3.28. The van der Waals surface area contributed by atoms with E-state index in [9.17, 15) is 10.1 Å². The average Bonchev–Trinajstić information content (AvgIpc) is 2.93. The highest BCUT2D eigenvalue weighted by atomic mass is 16.6. The van der Waals surface area contributed by atoms with Gasteiger partial charge < -0.3 is 4.74 Å². The van der Waals surface area contributed by atoms with Gasteiger partial charge in [-0.3, -0.25) is 10.1 Å². The average molecular weight is 348 g/mol. The number of imidazole rings is 1. The van der Waals surface area contributed by atoms with Crippen LogP contribution in [0.5, 0.6) is 5.88 Å². The number of nitro groups is 1. The smallest absolute Gasteiger partial charge is 0.269 e. The number of non-ortho nitro benzene ring substituents is 1. The van der Waals surface area contributed by atoms with Crippen molar-refractivity contribution in [1.29, 1.82) is 0 Å². The minimum absolute atomic E-state index is 0.0129. The molecule has 1 saturated carbocycles. The second-order valence-electron chi connectivity index (χ2n) is 6.60. The van der Waals surface area contributed by atoms with Crippen molar-refractivity contribution < 1.29 is 9.66 Å². The minimum atomic E-state index is -0.401. The van der Waals surface area contributed by atoms with Crippen molar-refractivity contribution in [3.05, 3.63) is 52.6 Å². The molecule has 0 spiro atoms. The van der Waals surface area contributed by atoms with Gasteiger partial charge in [0, 0.05) is 17.7 Å². The molecule has 0 N–H and O–H groups in total. The van der Waals surface area contributed by atoms with Gasteiger partial charge in [0.2, 0.25) is 5.88 Å². The number of hydrogen-bond donors (Lipinski definition) is 0. The predicted molar refractivity (Wildman–Crippen MR) is 97.3 cm³/mol. The first-order chi connectivity index (χ1) is 12.7. The molecule has 1 aromatic carbocycles. The van der Waals surface area contributed by atoms with Gasteiger partial charge in [0.25, 0.3) is 5.69 Å². The lowest BCUT2D eigenvalue weighted by Gasteiger charge is -2.23. The lowest BCUT2D eigenvalue weighted by atomic mass is 9.95. The number of hydrogen-bond acceptors (Lipinski definition) is 5. The fourth-order valence-corrected chi connectivity index (χ4v) is 3.68. The maximum absolute atomic E-state index is 10.9. The van der Waals surface area contributed by atoms with Gasteiger partial charge in [-0.15, -0.1) is 0 Å². The molecular weight excluding hydrogens is 332 g/mol. The molecule has 2 aliphatic rings. The standard InChI is InChI=1S/C19H16N4O3/c24-23(25)13-10-8-12(9-11-13)18-19-20-14-4-1-2-5-15(14)26-17-7-3-6-16(21-18)22(17)19/h3,6-11,15H,1-2,4-5H2/t15-/m0/s1. The third-order valence-corrected chi connectivity index (χ3v) is 4.97. The zero-order chi connectivity index (χ0) is 17.7. The molecule has 0 unspecified atom stereocenters. The third-order valence-electron chi connectivity index (χ3n) is 4.97. The molecule has 26 heavy (non-hydrogen) atoms. The van der Waals surface area contributed by atoms with Crippen LogP contribution in [0.25, 0.3) is 16.9 Å². The molecule has 0 radical (unpaired) electrons. The highest BCUT2D eigenvalue weighted by molar-refractivity contribution is 5.94. The van der Waals surface area contributed by atoms with E-state index in [0.717, 1.165) is 60.0 Å². The molecular formula is C19H16N4O3. The van der Waals surface area contributed by atoms with E-state index < -0.39 is 4.92 Å². The molecule has 130 valence electrons. The number of benzene rings is 1. The molecule has 3 aromatic rings. The highest BCUT2D eigenvalue weighted by Crippen LogP contribution is 2.38. The lowest BCUT2D eigenvalue weighted by molar-refractivity contribution is -0.384. The first kappa shape index (κ1) is 15.1. The van der Waals surface area contributed by atoms with Gasteiger partial charge in [0.15, 0.2) is 5.82 Å². The monoisotopic (exact) mass is 348 g/mol. The summed E-state index contributed by atoms with van der Waals surface area (Å²) in [7, 11) is 0. The maximum atomic E-state index is 10.9. The molecule has 1 aliphatic carbocycles. The predicted octanol–water partition coefficient (Wildman–Crippen LogP) is 4.32. The number of fused-ring (bicyclic) bond motifs is 1. The Morgan fingerprint density at radius 3 is 2.81 bits per heavy atom. The SMILES string of the molecule is O=[N+]([O-])c1ccc(-c2nc3cccc4n3c2N=C2CCCC[C@@H]2O4)cc1. The van der Waals surface area contributed by atoms with Crippen LogP contribution in [0.2, 0.25) is 0 Å². The first-order valence-electron chi connectivity index (χ1n) is 8.71. The summed E-state index contributed by atoms with van der Waals surface area (Å²) in [6.07, 6.45) is 4.16. The number of nitro benzene ring substituents is 1. The Bertz CT molecular complexity index is 1050. The molecule has 0 saturated heterocycles. The summed E-state index contributed by atoms with van der Waals surface area (Å²) in [5.41, 5.74) is 3.39. The van der Waals surface area contributed by atoms with Crippen LogP contribution >= 0.6 is 0 Å². The largest absolute Gasteiger partial charge is 0.469 e. The van der Waals surface area contributed by atoms with Crippen LogP contribution in [0.3, 0.4) is 0 Å². The van der Waals surface area contributed by atoms with Gasteiger partial charge in [-0.25, -0.2) is 14.4 Å². The van der Waals surface area contributed by atoms with Crippen molar-refractivity contribution in [1.82, 2.24) is 9.38 Å². The summed E-state index contributed by atoms with van der Waals surface area (Å²) in [6.45, 7) is 0. The zero-order valence-electron chi connectivity index (χ0n) is 14.0. The van der Waals surface area contributed by atoms with E-state index in [-0.39, 0.29) is 11.8 Å². The Balaban J connectivity index is 1.72. The molecule has 7 heteroatoms. The summed E-state index contributed by atoms with van der Waals surface area (Å²) in [6, 6.07) is 12.2. The van der Waals surface area contributed by atoms with E-state index in [4.69, 9.17) is 14.7 Å². The van der Waals surface area contributed by atoms with Gasteiger partial charge in [-0.1, -0.05) is 6.07 Å². The van der Waals surface area contributed by atoms with Crippen molar-refractivity contribution >= 4 is 22.9 Å². The van der Waals surface area contributed by atoms with Crippen molar-refractivity contribution in [3.63, 3.8) is 0 Å². The van der Waals surface area contributed by atoms with E-state index in [1.807, 2.05) is 22.6 Å². The molecule has 5 rings (SSSR count). The van der Waals surface area contributed by atoms with Crippen molar-refractivity contribution in [2.45, 2.75) is 31.8 Å². The summed E-state index contributed by atoms with van der Waals surface area (Å²) >= 11 is 0. The molecule has 2 aromatic heterocycles. The number of ether oxygens (including phenoxy) is 1. The normalized spacial score (nSPS) is 18.6. The van der Waals surface area contributed by atoms with Crippen molar-refractivity contribution in [3.8, 4) is 17.1 Å². The minimum Gasteiger partial charge on any atom is -0.469 e. The van der Waals surface area contributed by atoms with Crippen LogP contribution in [0.4, 0.5) is 11.5 Å². The van der Waals surface area contributed by atoms with Gasteiger partial charge in [0.1, 0.15) is 17.4 Å². The fourth-order valence-electron chi connectivity index (χ4n) is 3.68. The molecule has 7 nitrogen and oxygen atoms in total. The van der Waals surface area contributed by atoms with Crippen molar-refractivity contribution in [2.24, 2.45) is 4.99 Å². The Morgan fingerprint density at radius 1 is 1.15 bits per heavy atom. The summed E-state index contributed by atoms with van der Waals surface area (Å²) in [5.74, 6) is 1.48. The fraction of sp³-hybridized carbons (Fsp3) is 0.263. The quantitative estimate of drug-likeness (QED) is 0.510.